The summed E-state index contributed by atoms with van der Waals surface area (Å²) in [5, 5.41) is 8.84. The molecule has 0 aromatic heterocycles. The second-order valence-electron chi connectivity index (χ2n) is 8.02. The van der Waals surface area contributed by atoms with Crippen LogP contribution in [-0.2, 0) is 11.4 Å². The van der Waals surface area contributed by atoms with Gasteiger partial charge in [-0.05, 0) is 45.3 Å². The van der Waals surface area contributed by atoms with E-state index in [0.717, 1.165) is 26.8 Å². The van der Waals surface area contributed by atoms with Crippen molar-refractivity contribution in [2.75, 3.05) is 5.75 Å². The Morgan fingerprint density at radius 3 is 2.29 bits per heavy atom. The van der Waals surface area contributed by atoms with Crippen molar-refractivity contribution in [1.82, 2.24) is 5.43 Å². The number of carbonyl (C=O) groups is 1. The molecule has 1 amide bonds. The molecule has 5 aromatic carbocycles. The van der Waals surface area contributed by atoms with Crippen molar-refractivity contribution in [1.29, 1.82) is 0 Å². The molecule has 0 spiro atoms. The molecule has 0 heterocycles. The Morgan fingerprint density at radius 2 is 1.43 bits per heavy atom. The summed E-state index contributed by atoms with van der Waals surface area (Å²) < 4.78 is 6.13. The number of benzene rings is 5. The summed E-state index contributed by atoms with van der Waals surface area (Å²) >= 11 is 1.50. The summed E-state index contributed by atoms with van der Waals surface area (Å²) in [7, 11) is 0. The van der Waals surface area contributed by atoms with Gasteiger partial charge in [0, 0.05) is 10.5 Å². The second kappa shape index (κ2) is 10.9. The van der Waals surface area contributed by atoms with E-state index >= 15 is 0 Å². The Hall–Kier alpha value is -4.09. The molecule has 0 atom stereocenters. The van der Waals surface area contributed by atoms with Crippen molar-refractivity contribution in [2.45, 2.75) is 11.5 Å². The van der Waals surface area contributed by atoms with Gasteiger partial charge in [0.05, 0.1) is 12.0 Å². The maximum Gasteiger partial charge on any atom is 0.250 e. The highest BCUT2D eigenvalue weighted by Crippen LogP contribution is 2.27. The molecule has 0 unspecified atom stereocenters. The molecule has 1 N–H and O–H groups in total. The Balaban J connectivity index is 1.20. The smallest absolute Gasteiger partial charge is 0.250 e. The molecule has 0 aliphatic carbocycles. The number of para-hydroxylation sites is 1. The third kappa shape index (κ3) is 5.53. The van der Waals surface area contributed by atoms with Gasteiger partial charge in [-0.3, -0.25) is 4.79 Å². The Morgan fingerprint density at radius 1 is 0.771 bits per heavy atom. The molecule has 0 saturated carbocycles. The summed E-state index contributed by atoms with van der Waals surface area (Å²) in [4.78, 5) is 13.5. The molecule has 0 aliphatic heterocycles. The van der Waals surface area contributed by atoms with Crippen molar-refractivity contribution < 1.29 is 9.53 Å². The molecular formula is C30H24N2O2S. The lowest BCUT2D eigenvalue weighted by molar-refractivity contribution is -0.118. The van der Waals surface area contributed by atoms with Crippen LogP contribution in [0.3, 0.4) is 0 Å². The van der Waals surface area contributed by atoms with Gasteiger partial charge < -0.3 is 4.74 Å². The number of hydrogen-bond donors (Lipinski definition) is 1. The van der Waals surface area contributed by atoms with Gasteiger partial charge in [0.15, 0.2) is 0 Å². The average molecular weight is 477 g/mol. The van der Waals surface area contributed by atoms with E-state index < -0.39 is 0 Å². The van der Waals surface area contributed by atoms with Crippen LogP contribution in [0.15, 0.2) is 119 Å². The van der Waals surface area contributed by atoms with Crippen LogP contribution in [-0.4, -0.2) is 17.9 Å². The minimum Gasteiger partial charge on any atom is -0.488 e. The number of fused-ring (bicyclic) bond motifs is 2. The van der Waals surface area contributed by atoms with Crippen molar-refractivity contribution in [3.8, 4) is 5.75 Å². The van der Waals surface area contributed by atoms with Crippen molar-refractivity contribution in [3.63, 3.8) is 0 Å². The first-order chi connectivity index (χ1) is 17.3. The van der Waals surface area contributed by atoms with E-state index in [1.807, 2.05) is 66.7 Å². The first-order valence-electron chi connectivity index (χ1n) is 11.4. The summed E-state index contributed by atoms with van der Waals surface area (Å²) in [6.07, 6.45) is 1.62. The minimum absolute atomic E-state index is 0.159. The van der Waals surface area contributed by atoms with Crippen molar-refractivity contribution in [2.24, 2.45) is 5.10 Å². The molecule has 4 nitrogen and oxygen atoms in total. The van der Waals surface area contributed by atoms with Crippen LogP contribution >= 0.6 is 11.8 Å². The molecule has 5 heteroatoms. The highest BCUT2D eigenvalue weighted by atomic mass is 32.2. The first-order valence-corrected chi connectivity index (χ1v) is 12.4. The first kappa shape index (κ1) is 22.7. The summed E-state index contributed by atoms with van der Waals surface area (Å²) in [6.45, 7) is 0.445. The molecule has 5 rings (SSSR count). The van der Waals surface area contributed by atoms with Crippen LogP contribution in [0, 0.1) is 0 Å². The Labute approximate surface area is 208 Å². The summed E-state index contributed by atoms with van der Waals surface area (Å²) in [5.74, 6) is 0.835. The maximum atomic E-state index is 12.4. The molecule has 0 aliphatic rings. The topological polar surface area (TPSA) is 50.7 Å². The lowest BCUT2D eigenvalue weighted by Crippen LogP contribution is -2.19. The molecule has 172 valence electrons. The van der Waals surface area contributed by atoms with Gasteiger partial charge in [0.2, 0.25) is 5.91 Å². The van der Waals surface area contributed by atoms with Gasteiger partial charge in [0.25, 0.3) is 0 Å². The van der Waals surface area contributed by atoms with Crippen LogP contribution < -0.4 is 10.2 Å². The largest absolute Gasteiger partial charge is 0.488 e. The van der Waals surface area contributed by atoms with Crippen molar-refractivity contribution >= 4 is 45.4 Å². The third-order valence-electron chi connectivity index (χ3n) is 5.68. The van der Waals surface area contributed by atoms with Crippen LogP contribution in [0.1, 0.15) is 11.1 Å². The number of nitrogens with zero attached hydrogens (tertiary/aromatic N) is 1. The zero-order chi connectivity index (χ0) is 23.9. The highest BCUT2D eigenvalue weighted by molar-refractivity contribution is 8.00. The van der Waals surface area contributed by atoms with E-state index in [2.05, 4.69) is 53.0 Å². The lowest BCUT2D eigenvalue weighted by atomic mass is 10.1. The van der Waals surface area contributed by atoms with Crippen LogP contribution in [0.2, 0.25) is 0 Å². The molecule has 35 heavy (non-hydrogen) atoms. The molecular weight excluding hydrogens is 452 g/mol. The fourth-order valence-corrected chi connectivity index (χ4v) is 4.83. The number of hydrogen-bond acceptors (Lipinski definition) is 4. The highest BCUT2D eigenvalue weighted by Gasteiger charge is 2.07. The minimum atomic E-state index is -0.159. The van der Waals surface area contributed by atoms with Crippen LogP contribution in [0.4, 0.5) is 0 Å². The van der Waals surface area contributed by atoms with Gasteiger partial charge in [-0.15, -0.1) is 11.8 Å². The summed E-state index contributed by atoms with van der Waals surface area (Å²) in [5.41, 5.74) is 4.55. The van der Waals surface area contributed by atoms with E-state index in [1.165, 1.54) is 22.5 Å². The van der Waals surface area contributed by atoms with E-state index in [1.54, 1.807) is 6.21 Å². The van der Waals surface area contributed by atoms with E-state index in [0.29, 0.717) is 12.4 Å². The van der Waals surface area contributed by atoms with E-state index in [9.17, 15) is 4.79 Å². The molecule has 0 saturated heterocycles. The number of ether oxygens (including phenoxy) is 1. The maximum absolute atomic E-state index is 12.4. The van der Waals surface area contributed by atoms with E-state index in [4.69, 9.17) is 4.74 Å². The van der Waals surface area contributed by atoms with Gasteiger partial charge in [-0.2, -0.15) is 5.10 Å². The second-order valence-corrected chi connectivity index (χ2v) is 9.04. The number of nitrogens with one attached hydrogen (secondary N) is 1. The van der Waals surface area contributed by atoms with Gasteiger partial charge in [-0.25, -0.2) is 5.43 Å². The summed E-state index contributed by atoms with van der Waals surface area (Å²) in [6, 6.07) is 36.4. The molecule has 5 aromatic rings. The van der Waals surface area contributed by atoms with Gasteiger partial charge in [-0.1, -0.05) is 91.0 Å². The molecule has 0 bridgehead atoms. The SMILES string of the molecule is O=C(CSc1cccc2ccccc12)N/N=C\c1ccccc1OCc1cccc2ccccc12. The predicted molar refractivity (Wildman–Crippen MR) is 145 cm³/mol. The number of carbonyl (C=O) groups excluding carboxylic acids is 1. The lowest BCUT2D eigenvalue weighted by Gasteiger charge is -2.11. The number of rotatable bonds is 8. The zero-order valence-electron chi connectivity index (χ0n) is 19.1. The van der Waals surface area contributed by atoms with Crippen LogP contribution in [0.5, 0.6) is 5.75 Å². The van der Waals surface area contributed by atoms with Gasteiger partial charge in [0.1, 0.15) is 12.4 Å². The number of amides is 1. The van der Waals surface area contributed by atoms with E-state index in [-0.39, 0.29) is 11.7 Å². The Kier molecular flexibility index (Phi) is 7.06. The molecule has 0 radical (unpaired) electrons. The fraction of sp³-hybridized carbons (Fsp3) is 0.0667. The quantitative estimate of drug-likeness (QED) is 0.152. The van der Waals surface area contributed by atoms with Crippen molar-refractivity contribution in [3.05, 3.63) is 120 Å². The number of hydrazone groups is 1. The standard InChI is InChI=1S/C30H24N2O2S/c33-30(21-35-29-18-8-13-23-10-2-5-16-27(23)29)32-31-19-24-11-3-6-17-28(24)34-20-25-14-7-12-22-9-1-4-15-26(22)25/h1-19H,20-21H2,(H,32,33)/b31-19-. The predicted octanol–water partition coefficient (Wildman–Crippen LogP) is 6.81. The van der Waals surface area contributed by atoms with Crippen LogP contribution in [0.25, 0.3) is 21.5 Å². The average Bonchev–Trinajstić information content (AvgIpc) is 2.91. The third-order valence-corrected chi connectivity index (χ3v) is 6.76. The monoisotopic (exact) mass is 476 g/mol. The molecule has 0 fully saturated rings. The normalized spacial score (nSPS) is 11.2. The number of thioether (sulfide) groups is 1. The fourth-order valence-electron chi connectivity index (χ4n) is 3.96. The zero-order valence-corrected chi connectivity index (χ0v) is 19.9. The Bertz CT molecular complexity index is 1500. The van der Waals surface area contributed by atoms with Gasteiger partial charge >= 0.3 is 0 Å².